The van der Waals surface area contributed by atoms with Crippen LogP contribution in [0.1, 0.15) is 39.0 Å². The molecule has 4 nitrogen and oxygen atoms in total. The highest BCUT2D eigenvalue weighted by atomic mass is 16.3. The predicted molar refractivity (Wildman–Crippen MR) is 61.8 cm³/mol. The molecule has 0 bridgehead atoms. The average Bonchev–Trinajstić information content (AvgIpc) is 2.25. The Labute approximate surface area is 96.8 Å². The quantitative estimate of drug-likeness (QED) is 0.720. The Morgan fingerprint density at radius 1 is 1.31 bits per heavy atom. The van der Waals surface area contributed by atoms with E-state index in [1.54, 1.807) is 11.8 Å². The molecule has 2 fully saturated rings. The van der Waals surface area contributed by atoms with Gasteiger partial charge in [0.1, 0.15) is 0 Å². The maximum Gasteiger partial charge on any atom is 0.230 e. The molecule has 92 valence electrons. The summed E-state index contributed by atoms with van der Waals surface area (Å²) in [5, 5.41) is 9.66. The van der Waals surface area contributed by atoms with Crippen molar-refractivity contribution in [3.63, 3.8) is 0 Å². The van der Waals surface area contributed by atoms with Gasteiger partial charge in [0.25, 0.3) is 0 Å². The lowest BCUT2D eigenvalue weighted by molar-refractivity contribution is -0.164. The van der Waals surface area contributed by atoms with Gasteiger partial charge in [0, 0.05) is 6.54 Å². The molecule has 2 aliphatic rings. The van der Waals surface area contributed by atoms with Gasteiger partial charge in [0.2, 0.25) is 5.91 Å². The molecule has 0 unspecified atom stereocenters. The van der Waals surface area contributed by atoms with Crippen molar-refractivity contribution in [3.8, 4) is 0 Å². The second kappa shape index (κ2) is 4.00. The number of carbonyl (C=O) groups excluding carboxylic acids is 1. The first-order chi connectivity index (χ1) is 7.49. The Morgan fingerprint density at radius 2 is 1.88 bits per heavy atom. The van der Waals surface area contributed by atoms with Crippen LogP contribution >= 0.6 is 0 Å². The molecule has 1 aliphatic carbocycles. The molecular formula is C12H22N2O2. The van der Waals surface area contributed by atoms with Crippen LogP contribution in [0.2, 0.25) is 0 Å². The zero-order chi connectivity index (χ0) is 11.8. The van der Waals surface area contributed by atoms with Crippen LogP contribution < -0.4 is 5.73 Å². The van der Waals surface area contributed by atoms with E-state index in [4.69, 9.17) is 5.73 Å². The molecule has 0 aromatic rings. The average molecular weight is 226 g/mol. The van der Waals surface area contributed by atoms with Crippen LogP contribution in [0.4, 0.5) is 0 Å². The number of rotatable bonds is 2. The normalized spacial score (nSPS) is 27.3. The van der Waals surface area contributed by atoms with Gasteiger partial charge >= 0.3 is 0 Å². The third kappa shape index (κ3) is 1.96. The summed E-state index contributed by atoms with van der Waals surface area (Å²) in [6.45, 7) is 3.15. The topological polar surface area (TPSA) is 66.6 Å². The Hall–Kier alpha value is -0.610. The molecule has 1 amide bonds. The number of hydrogen-bond acceptors (Lipinski definition) is 3. The number of amides is 1. The van der Waals surface area contributed by atoms with Crippen LogP contribution in [0, 0.1) is 5.41 Å². The molecule has 3 N–H and O–H groups in total. The zero-order valence-corrected chi connectivity index (χ0v) is 10.0. The Morgan fingerprint density at radius 3 is 2.31 bits per heavy atom. The molecule has 16 heavy (non-hydrogen) atoms. The first kappa shape index (κ1) is 11.9. The molecule has 1 saturated heterocycles. The van der Waals surface area contributed by atoms with Gasteiger partial charge in [-0.2, -0.15) is 0 Å². The molecule has 0 radical (unpaired) electrons. The number of hydrogen-bond donors (Lipinski definition) is 2. The first-order valence-corrected chi connectivity index (χ1v) is 6.21. The lowest BCUT2D eigenvalue weighted by Gasteiger charge is -2.49. The summed E-state index contributed by atoms with van der Waals surface area (Å²) >= 11 is 0. The zero-order valence-electron chi connectivity index (χ0n) is 10.0. The molecule has 4 heteroatoms. The second-order valence-corrected chi connectivity index (χ2v) is 5.70. The smallest absolute Gasteiger partial charge is 0.230 e. The number of β-amino-alcohol motifs (C(OH)–C–C–N with tert-alkyl or cyclic N) is 1. The van der Waals surface area contributed by atoms with Crippen LogP contribution in [-0.4, -0.2) is 41.1 Å². The number of aliphatic hydroxyl groups is 1. The molecule has 0 atom stereocenters. The minimum Gasteiger partial charge on any atom is -0.386 e. The predicted octanol–water partition coefficient (Wildman–Crippen LogP) is 0.489. The van der Waals surface area contributed by atoms with Crippen LogP contribution in [-0.2, 0) is 4.79 Å². The van der Waals surface area contributed by atoms with Crippen molar-refractivity contribution >= 4 is 5.91 Å². The van der Waals surface area contributed by atoms with Crippen molar-refractivity contribution in [3.05, 3.63) is 0 Å². The Kier molecular flexibility index (Phi) is 2.97. The minimum absolute atomic E-state index is 0.168. The summed E-state index contributed by atoms with van der Waals surface area (Å²) in [7, 11) is 0. The minimum atomic E-state index is -0.680. The second-order valence-electron chi connectivity index (χ2n) is 5.70. The van der Waals surface area contributed by atoms with E-state index in [9.17, 15) is 9.90 Å². The number of nitrogens with zero attached hydrogens (tertiary/aromatic N) is 1. The van der Waals surface area contributed by atoms with Gasteiger partial charge in [-0.3, -0.25) is 4.79 Å². The fourth-order valence-corrected chi connectivity index (χ4v) is 2.99. The lowest BCUT2D eigenvalue weighted by Crippen LogP contribution is -2.65. The van der Waals surface area contributed by atoms with Gasteiger partial charge in [-0.1, -0.05) is 19.3 Å². The molecular weight excluding hydrogens is 204 g/mol. The SMILES string of the molecule is CC1(O)CN(C(=O)C2(CN)CCCCC2)C1. The summed E-state index contributed by atoms with van der Waals surface area (Å²) in [5.74, 6) is 0.168. The van der Waals surface area contributed by atoms with Gasteiger partial charge in [0.15, 0.2) is 0 Å². The van der Waals surface area contributed by atoms with Gasteiger partial charge in [-0.25, -0.2) is 0 Å². The van der Waals surface area contributed by atoms with Crippen LogP contribution in [0.5, 0.6) is 0 Å². The van der Waals surface area contributed by atoms with Gasteiger partial charge in [-0.05, 0) is 19.8 Å². The van der Waals surface area contributed by atoms with E-state index in [0.717, 1.165) is 25.7 Å². The van der Waals surface area contributed by atoms with Crippen molar-refractivity contribution in [2.24, 2.45) is 11.1 Å². The molecule has 0 aromatic heterocycles. The van der Waals surface area contributed by atoms with Crippen molar-refractivity contribution in [1.82, 2.24) is 4.90 Å². The van der Waals surface area contributed by atoms with E-state index in [1.165, 1.54) is 6.42 Å². The molecule has 1 heterocycles. The lowest BCUT2D eigenvalue weighted by atomic mass is 9.72. The van der Waals surface area contributed by atoms with Crippen molar-refractivity contribution < 1.29 is 9.90 Å². The largest absolute Gasteiger partial charge is 0.386 e. The molecule has 2 rings (SSSR count). The first-order valence-electron chi connectivity index (χ1n) is 6.21. The highest BCUT2D eigenvalue weighted by Crippen LogP contribution is 2.39. The van der Waals surface area contributed by atoms with E-state index >= 15 is 0 Å². The van der Waals surface area contributed by atoms with E-state index in [1.807, 2.05) is 0 Å². The Balaban J connectivity index is 2.02. The van der Waals surface area contributed by atoms with Crippen molar-refractivity contribution in [2.45, 2.75) is 44.6 Å². The number of nitrogens with two attached hydrogens (primary N) is 1. The summed E-state index contributed by atoms with van der Waals surface area (Å²) in [6, 6.07) is 0. The maximum absolute atomic E-state index is 12.4. The van der Waals surface area contributed by atoms with E-state index < -0.39 is 5.60 Å². The standard InChI is InChI=1S/C12H22N2O2/c1-11(16)8-14(9-11)10(15)12(7-13)5-3-2-4-6-12/h16H,2-9,13H2,1H3. The van der Waals surface area contributed by atoms with E-state index in [2.05, 4.69) is 0 Å². The summed E-state index contributed by atoms with van der Waals surface area (Å²) in [4.78, 5) is 14.1. The van der Waals surface area contributed by atoms with Crippen LogP contribution in [0.25, 0.3) is 0 Å². The highest BCUT2D eigenvalue weighted by Gasteiger charge is 2.47. The van der Waals surface area contributed by atoms with E-state index in [-0.39, 0.29) is 11.3 Å². The summed E-state index contributed by atoms with van der Waals surface area (Å²) in [5.41, 5.74) is 4.81. The molecule has 0 spiro atoms. The summed E-state index contributed by atoms with van der Waals surface area (Å²) in [6.07, 6.45) is 5.26. The highest BCUT2D eigenvalue weighted by molar-refractivity contribution is 5.84. The van der Waals surface area contributed by atoms with E-state index in [0.29, 0.717) is 19.6 Å². The molecule has 0 aromatic carbocycles. The third-order valence-corrected chi connectivity index (χ3v) is 4.01. The number of likely N-dealkylation sites (tertiary alicyclic amines) is 1. The Bertz CT molecular complexity index is 275. The van der Waals surface area contributed by atoms with Crippen molar-refractivity contribution in [1.29, 1.82) is 0 Å². The third-order valence-electron chi connectivity index (χ3n) is 4.01. The summed E-state index contributed by atoms with van der Waals surface area (Å²) < 4.78 is 0. The van der Waals surface area contributed by atoms with Gasteiger partial charge in [-0.15, -0.1) is 0 Å². The van der Waals surface area contributed by atoms with Gasteiger partial charge in [0.05, 0.1) is 24.1 Å². The molecule has 1 aliphatic heterocycles. The van der Waals surface area contributed by atoms with Gasteiger partial charge < -0.3 is 15.7 Å². The van der Waals surface area contributed by atoms with Crippen molar-refractivity contribution in [2.75, 3.05) is 19.6 Å². The number of carbonyl (C=O) groups is 1. The fourth-order valence-electron chi connectivity index (χ4n) is 2.99. The fraction of sp³-hybridized carbons (Fsp3) is 0.917. The van der Waals surface area contributed by atoms with Crippen LogP contribution in [0.3, 0.4) is 0 Å². The monoisotopic (exact) mass is 226 g/mol. The maximum atomic E-state index is 12.4. The molecule has 1 saturated carbocycles. The van der Waals surface area contributed by atoms with Crippen LogP contribution in [0.15, 0.2) is 0 Å².